The molecule has 20 heavy (non-hydrogen) atoms. The van der Waals surface area contributed by atoms with E-state index in [0.29, 0.717) is 38.9 Å². The third-order valence-corrected chi connectivity index (χ3v) is 4.71. The maximum atomic E-state index is 12.3. The molecule has 1 fully saturated rings. The third-order valence-electron chi connectivity index (χ3n) is 3.40. The van der Waals surface area contributed by atoms with Crippen LogP contribution in [-0.2, 0) is 19.6 Å². The van der Waals surface area contributed by atoms with Gasteiger partial charge in [-0.3, -0.25) is 9.59 Å². The standard InChI is InChI=1S/C12H22N2O5S/c1-3-6-13(9-11(15)16)12(17)10-4-7-14(8-5-10)20(2,18)19/h10H,3-9H2,1-2H3,(H,15,16). The van der Waals surface area contributed by atoms with Crippen LogP contribution >= 0.6 is 0 Å². The highest BCUT2D eigenvalue weighted by Gasteiger charge is 2.31. The maximum absolute atomic E-state index is 12.3. The second kappa shape index (κ2) is 7.03. The lowest BCUT2D eigenvalue weighted by molar-refractivity contribution is -0.146. The number of rotatable bonds is 6. The van der Waals surface area contributed by atoms with Crippen LogP contribution < -0.4 is 0 Å². The van der Waals surface area contributed by atoms with Gasteiger partial charge in [0.2, 0.25) is 15.9 Å². The molecular weight excluding hydrogens is 284 g/mol. The number of carbonyl (C=O) groups excluding carboxylic acids is 1. The Labute approximate surface area is 119 Å². The fourth-order valence-corrected chi connectivity index (χ4v) is 3.27. The minimum Gasteiger partial charge on any atom is -0.480 e. The predicted molar refractivity (Wildman–Crippen MR) is 73.6 cm³/mol. The first kappa shape index (κ1) is 16.9. The molecule has 1 N–H and O–H groups in total. The zero-order valence-electron chi connectivity index (χ0n) is 11.9. The lowest BCUT2D eigenvalue weighted by atomic mass is 9.96. The summed E-state index contributed by atoms with van der Waals surface area (Å²) in [5.41, 5.74) is 0. The minimum absolute atomic E-state index is 0.178. The Morgan fingerprint density at radius 3 is 2.25 bits per heavy atom. The molecule has 1 rings (SSSR count). The van der Waals surface area contributed by atoms with E-state index in [1.165, 1.54) is 9.21 Å². The molecular formula is C12H22N2O5S. The van der Waals surface area contributed by atoms with Crippen LogP contribution in [0, 0.1) is 5.92 Å². The number of sulfonamides is 1. The number of carboxylic acids is 1. The molecule has 0 aliphatic carbocycles. The molecule has 0 atom stereocenters. The number of aliphatic carboxylic acids is 1. The van der Waals surface area contributed by atoms with E-state index >= 15 is 0 Å². The van der Waals surface area contributed by atoms with Crippen LogP contribution in [-0.4, -0.2) is 67.0 Å². The molecule has 0 aromatic rings. The van der Waals surface area contributed by atoms with Gasteiger partial charge in [0.15, 0.2) is 0 Å². The highest BCUT2D eigenvalue weighted by Crippen LogP contribution is 2.21. The SMILES string of the molecule is CCCN(CC(=O)O)C(=O)C1CCN(S(C)(=O)=O)CC1. The van der Waals surface area contributed by atoms with E-state index in [1.807, 2.05) is 6.92 Å². The molecule has 0 aromatic carbocycles. The number of nitrogens with zero attached hydrogens (tertiary/aromatic N) is 2. The summed E-state index contributed by atoms with van der Waals surface area (Å²) in [4.78, 5) is 24.4. The average Bonchev–Trinajstić information content (AvgIpc) is 2.36. The number of carboxylic acid groups (broad SMARTS) is 1. The van der Waals surface area contributed by atoms with E-state index in [4.69, 9.17) is 5.11 Å². The van der Waals surface area contributed by atoms with Crippen LogP contribution in [0.25, 0.3) is 0 Å². The van der Waals surface area contributed by atoms with Crippen molar-refractivity contribution in [2.45, 2.75) is 26.2 Å². The number of hydrogen-bond acceptors (Lipinski definition) is 4. The van der Waals surface area contributed by atoms with Crippen LogP contribution in [0.15, 0.2) is 0 Å². The van der Waals surface area contributed by atoms with Crippen molar-refractivity contribution in [3.63, 3.8) is 0 Å². The number of hydrogen-bond donors (Lipinski definition) is 1. The van der Waals surface area contributed by atoms with Crippen molar-refractivity contribution >= 4 is 21.9 Å². The van der Waals surface area contributed by atoms with E-state index in [9.17, 15) is 18.0 Å². The fourth-order valence-electron chi connectivity index (χ4n) is 2.39. The Hall–Kier alpha value is -1.15. The van der Waals surface area contributed by atoms with Crippen molar-refractivity contribution in [1.29, 1.82) is 0 Å². The minimum atomic E-state index is -3.21. The summed E-state index contributed by atoms with van der Waals surface area (Å²) in [5.74, 6) is -1.48. The molecule has 0 aromatic heterocycles. The van der Waals surface area contributed by atoms with Gasteiger partial charge in [-0.25, -0.2) is 12.7 Å². The average molecular weight is 306 g/mol. The van der Waals surface area contributed by atoms with E-state index < -0.39 is 16.0 Å². The van der Waals surface area contributed by atoms with Crippen molar-refractivity contribution in [3.8, 4) is 0 Å². The summed E-state index contributed by atoms with van der Waals surface area (Å²) in [6.07, 6.45) is 2.75. The van der Waals surface area contributed by atoms with Gasteiger partial charge < -0.3 is 10.0 Å². The van der Waals surface area contributed by atoms with E-state index in [2.05, 4.69) is 0 Å². The van der Waals surface area contributed by atoms with Crippen molar-refractivity contribution in [3.05, 3.63) is 0 Å². The molecule has 0 saturated carbocycles. The van der Waals surface area contributed by atoms with Gasteiger partial charge in [-0.1, -0.05) is 6.92 Å². The van der Waals surface area contributed by atoms with E-state index in [1.54, 1.807) is 0 Å². The molecule has 1 saturated heterocycles. The maximum Gasteiger partial charge on any atom is 0.323 e. The second-order valence-electron chi connectivity index (χ2n) is 5.09. The molecule has 0 bridgehead atoms. The Kier molecular flexibility index (Phi) is 5.94. The van der Waals surface area contributed by atoms with Gasteiger partial charge >= 0.3 is 5.97 Å². The summed E-state index contributed by atoms with van der Waals surface area (Å²) in [6.45, 7) is 2.65. The fraction of sp³-hybridized carbons (Fsp3) is 0.833. The van der Waals surface area contributed by atoms with Gasteiger partial charge in [0, 0.05) is 25.6 Å². The summed E-state index contributed by atoms with van der Waals surface area (Å²) < 4.78 is 24.2. The Balaban J connectivity index is 2.62. The van der Waals surface area contributed by atoms with E-state index in [-0.39, 0.29) is 18.4 Å². The zero-order chi connectivity index (χ0) is 15.3. The van der Waals surface area contributed by atoms with Crippen molar-refractivity contribution in [1.82, 2.24) is 9.21 Å². The largest absolute Gasteiger partial charge is 0.480 e. The van der Waals surface area contributed by atoms with Crippen LogP contribution in [0.5, 0.6) is 0 Å². The molecule has 0 radical (unpaired) electrons. The van der Waals surface area contributed by atoms with E-state index in [0.717, 1.165) is 6.26 Å². The Morgan fingerprint density at radius 2 is 1.85 bits per heavy atom. The molecule has 7 nitrogen and oxygen atoms in total. The van der Waals surface area contributed by atoms with Gasteiger partial charge in [-0.15, -0.1) is 0 Å². The molecule has 1 heterocycles. The van der Waals surface area contributed by atoms with Crippen molar-refractivity contribution in [2.24, 2.45) is 5.92 Å². The third kappa shape index (κ3) is 4.75. The summed E-state index contributed by atoms with van der Waals surface area (Å²) in [7, 11) is -3.21. The topological polar surface area (TPSA) is 95.0 Å². The van der Waals surface area contributed by atoms with Gasteiger partial charge in [0.25, 0.3) is 0 Å². The quantitative estimate of drug-likeness (QED) is 0.744. The van der Waals surface area contributed by atoms with Crippen LogP contribution in [0.4, 0.5) is 0 Å². The molecule has 0 spiro atoms. The summed E-state index contributed by atoms with van der Waals surface area (Å²) >= 11 is 0. The molecule has 1 aliphatic heterocycles. The van der Waals surface area contributed by atoms with Crippen LogP contribution in [0.3, 0.4) is 0 Å². The molecule has 1 aliphatic rings. The first-order chi connectivity index (χ1) is 9.25. The smallest absolute Gasteiger partial charge is 0.323 e. The lowest BCUT2D eigenvalue weighted by Crippen LogP contribution is -2.45. The normalized spacial score (nSPS) is 17.9. The first-order valence-electron chi connectivity index (χ1n) is 6.71. The van der Waals surface area contributed by atoms with Crippen molar-refractivity contribution < 1.29 is 23.1 Å². The lowest BCUT2D eigenvalue weighted by Gasteiger charge is -2.32. The second-order valence-corrected chi connectivity index (χ2v) is 7.07. The Morgan fingerprint density at radius 1 is 1.30 bits per heavy atom. The highest BCUT2D eigenvalue weighted by molar-refractivity contribution is 7.88. The van der Waals surface area contributed by atoms with Gasteiger partial charge in [-0.2, -0.15) is 0 Å². The van der Waals surface area contributed by atoms with Gasteiger partial charge in [0.05, 0.1) is 6.26 Å². The number of amides is 1. The van der Waals surface area contributed by atoms with Crippen LogP contribution in [0.1, 0.15) is 26.2 Å². The highest BCUT2D eigenvalue weighted by atomic mass is 32.2. The predicted octanol–water partition coefficient (Wildman–Crippen LogP) is -0.0188. The molecule has 116 valence electrons. The number of carbonyl (C=O) groups is 2. The first-order valence-corrected chi connectivity index (χ1v) is 8.56. The molecule has 1 amide bonds. The number of piperidine rings is 1. The zero-order valence-corrected chi connectivity index (χ0v) is 12.7. The summed E-state index contributed by atoms with van der Waals surface area (Å²) in [5, 5.41) is 8.83. The molecule has 0 unspecified atom stereocenters. The van der Waals surface area contributed by atoms with Gasteiger partial charge in [-0.05, 0) is 19.3 Å². The Bertz CT molecular complexity index is 454. The van der Waals surface area contributed by atoms with Crippen LogP contribution in [0.2, 0.25) is 0 Å². The summed E-state index contributed by atoms with van der Waals surface area (Å²) in [6, 6.07) is 0. The van der Waals surface area contributed by atoms with Gasteiger partial charge in [0.1, 0.15) is 6.54 Å². The van der Waals surface area contributed by atoms with Crippen molar-refractivity contribution in [2.75, 3.05) is 32.4 Å². The monoisotopic (exact) mass is 306 g/mol. The molecule has 8 heteroatoms.